The van der Waals surface area contributed by atoms with Crippen LogP contribution in [0.15, 0.2) is 18.3 Å². The van der Waals surface area contributed by atoms with Crippen molar-refractivity contribution in [2.45, 2.75) is 39.7 Å². The van der Waals surface area contributed by atoms with Gasteiger partial charge in [0.1, 0.15) is 5.82 Å². The number of carbonyl (C=O) groups excluding carboxylic acids is 1. The van der Waals surface area contributed by atoms with Crippen LogP contribution >= 0.6 is 0 Å². The Morgan fingerprint density at radius 2 is 2.25 bits per heavy atom. The Bertz CT molecular complexity index is 578. The third kappa shape index (κ3) is 3.40. The van der Waals surface area contributed by atoms with Crippen molar-refractivity contribution in [1.82, 2.24) is 25.5 Å². The average Bonchev–Trinajstić information content (AvgIpc) is 2.94. The number of nitrogens with zero attached hydrogens (tertiary/aromatic N) is 3. The van der Waals surface area contributed by atoms with Crippen LogP contribution in [0.4, 0.5) is 0 Å². The lowest BCUT2D eigenvalue weighted by atomic mass is 10.1. The van der Waals surface area contributed by atoms with Crippen LogP contribution in [0.1, 0.15) is 48.0 Å². The van der Waals surface area contributed by atoms with Crippen LogP contribution in [0.5, 0.6) is 0 Å². The maximum absolute atomic E-state index is 12.0. The zero-order valence-corrected chi connectivity index (χ0v) is 11.8. The van der Waals surface area contributed by atoms with Crippen molar-refractivity contribution < 1.29 is 4.79 Å². The summed E-state index contributed by atoms with van der Waals surface area (Å²) in [6.45, 7) is 4.50. The first-order valence-corrected chi connectivity index (χ1v) is 6.86. The van der Waals surface area contributed by atoms with E-state index in [1.807, 2.05) is 12.1 Å². The Morgan fingerprint density at radius 3 is 3.00 bits per heavy atom. The van der Waals surface area contributed by atoms with E-state index in [0.717, 1.165) is 36.3 Å². The highest BCUT2D eigenvalue weighted by Gasteiger charge is 2.12. The van der Waals surface area contributed by atoms with E-state index in [-0.39, 0.29) is 11.7 Å². The molecule has 2 rings (SSSR count). The number of hydrogen-bond acceptors (Lipinski definition) is 4. The molecular formula is C14H19N5O. The smallest absolute Gasteiger partial charge is 0.291 e. The minimum absolute atomic E-state index is 0.183. The van der Waals surface area contributed by atoms with Crippen LogP contribution in [-0.4, -0.2) is 26.1 Å². The van der Waals surface area contributed by atoms with Crippen molar-refractivity contribution in [1.29, 1.82) is 0 Å². The molecule has 6 heteroatoms. The summed E-state index contributed by atoms with van der Waals surface area (Å²) in [5.41, 5.74) is 2.02. The van der Waals surface area contributed by atoms with Gasteiger partial charge >= 0.3 is 0 Å². The molecule has 0 fully saturated rings. The van der Waals surface area contributed by atoms with Crippen molar-refractivity contribution in [2.75, 3.05) is 0 Å². The SMILES string of the molecule is CCCc1nc(C(=O)NCc2ncccc2CC)n[nH]1. The second-order valence-electron chi connectivity index (χ2n) is 4.50. The zero-order valence-electron chi connectivity index (χ0n) is 11.8. The fraction of sp³-hybridized carbons (Fsp3) is 0.429. The molecule has 0 aromatic carbocycles. The predicted octanol–water partition coefficient (Wildman–Crippen LogP) is 1.64. The van der Waals surface area contributed by atoms with E-state index in [1.54, 1.807) is 6.20 Å². The molecule has 0 aliphatic rings. The maximum atomic E-state index is 12.0. The summed E-state index contributed by atoms with van der Waals surface area (Å²) in [6.07, 6.45) is 4.37. The Kier molecular flexibility index (Phi) is 4.81. The third-order valence-electron chi connectivity index (χ3n) is 3.00. The quantitative estimate of drug-likeness (QED) is 0.838. The molecule has 2 aromatic heterocycles. The highest BCUT2D eigenvalue weighted by Crippen LogP contribution is 2.06. The van der Waals surface area contributed by atoms with E-state index < -0.39 is 0 Å². The van der Waals surface area contributed by atoms with Gasteiger partial charge in [0.05, 0.1) is 12.2 Å². The molecule has 2 heterocycles. The minimum Gasteiger partial charge on any atom is -0.344 e. The third-order valence-corrected chi connectivity index (χ3v) is 3.00. The fourth-order valence-electron chi connectivity index (χ4n) is 1.94. The number of pyridine rings is 1. The van der Waals surface area contributed by atoms with E-state index in [4.69, 9.17) is 0 Å². The summed E-state index contributed by atoms with van der Waals surface area (Å²) in [4.78, 5) is 20.4. The molecule has 0 unspecified atom stereocenters. The molecular weight excluding hydrogens is 254 g/mol. The molecule has 0 bridgehead atoms. The second-order valence-corrected chi connectivity index (χ2v) is 4.50. The highest BCUT2D eigenvalue weighted by atomic mass is 16.2. The first kappa shape index (κ1) is 14.2. The number of nitrogens with one attached hydrogen (secondary N) is 2. The molecule has 0 saturated carbocycles. The van der Waals surface area contributed by atoms with Gasteiger partial charge in [-0.25, -0.2) is 4.98 Å². The summed E-state index contributed by atoms with van der Waals surface area (Å²) >= 11 is 0. The molecule has 0 radical (unpaired) electrons. The number of carbonyl (C=O) groups is 1. The van der Waals surface area contributed by atoms with Crippen LogP contribution in [0.25, 0.3) is 0 Å². The number of aryl methyl sites for hydroxylation is 2. The van der Waals surface area contributed by atoms with E-state index >= 15 is 0 Å². The molecule has 6 nitrogen and oxygen atoms in total. The van der Waals surface area contributed by atoms with Crippen LogP contribution in [0.2, 0.25) is 0 Å². The number of aromatic nitrogens is 4. The number of hydrogen-bond donors (Lipinski definition) is 2. The summed E-state index contributed by atoms with van der Waals surface area (Å²) in [6, 6.07) is 3.91. The number of amides is 1. The maximum Gasteiger partial charge on any atom is 0.291 e. The molecule has 106 valence electrons. The molecule has 2 N–H and O–H groups in total. The van der Waals surface area contributed by atoms with Gasteiger partial charge < -0.3 is 5.32 Å². The van der Waals surface area contributed by atoms with Crippen LogP contribution in [0.3, 0.4) is 0 Å². The largest absolute Gasteiger partial charge is 0.344 e. The lowest BCUT2D eigenvalue weighted by Gasteiger charge is -2.06. The molecule has 20 heavy (non-hydrogen) atoms. The van der Waals surface area contributed by atoms with Crippen molar-refractivity contribution in [3.8, 4) is 0 Å². The first-order chi connectivity index (χ1) is 9.74. The van der Waals surface area contributed by atoms with Crippen molar-refractivity contribution in [3.05, 3.63) is 41.2 Å². The topological polar surface area (TPSA) is 83.6 Å². The molecule has 0 aliphatic carbocycles. The zero-order chi connectivity index (χ0) is 14.4. The molecule has 0 aliphatic heterocycles. The summed E-state index contributed by atoms with van der Waals surface area (Å²) in [5.74, 6) is 0.642. The number of H-pyrrole nitrogens is 1. The summed E-state index contributed by atoms with van der Waals surface area (Å²) in [5, 5.41) is 9.49. The normalized spacial score (nSPS) is 10.5. The number of aromatic amines is 1. The molecule has 0 atom stereocenters. The van der Waals surface area contributed by atoms with E-state index in [2.05, 4.69) is 39.3 Å². The standard InChI is InChI=1S/C14H19N5O/c1-3-6-12-17-13(19-18-12)14(20)16-9-11-10(4-2)7-5-8-15-11/h5,7-8H,3-4,6,9H2,1-2H3,(H,16,20)(H,17,18,19). The van der Waals surface area contributed by atoms with Crippen LogP contribution in [0, 0.1) is 0 Å². The highest BCUT2D eigenvalue weighted by molar-refractivity contribution is 5.90. The monoisotopic (exact) mass is 273 g/mol. The van der Waals surface area contributed by atoms with E-state index in [9.17, 15) is 4.79 Å². The van der Waals surface area contributed by atoms with Crippen molar-refractivity contribution >= 4 is 5.91 Å². The van der Waals surface area contributed by atoms with Crippen molar-refractivity contribution in [2.24, 2.45) is 0 Å². The average molecular weight is 273 g/mol. The summed E-state index contributed by atoms with van der Waals surface area (Å²) < 4.78 is 0. The van der Waals surface area contributed by atoms with Gasteiger partial charge in [-0.2, -0.15) is 0 Å². The molecule has 1 amide bonds. The lowest BCUT2D eigenvalue weighted by molar-refractivity contribution is 0.0940. The van der Waals surface area contributed by atoms with Crippen molar-refractivity contribution in [3.63, 3.8) is 0 Å². The van der Waals surface area contributed by atoms with Gasteiger partial charge in [0, 0.05) is 12.6 Å². The van der Waals surface area contributed by atoms with Gasteiger partial charge in [-0.1, -0.05) is 19.9 Å². The van der Waals surface area contributed by atoms with Gasteiger partial charge in [-0.3, -0.25) is 14.9 Å². The lowest BCUT2D eigenvalue weighted by Crippen LogP contribution is -2.25. The van der Waals surface area contributed by atoms with Crippen LogP contribution < -0.4 is 5.32 Å². The molecule has 2 aromatic rings. The minimum atomic E-state index is -0.281. The molecule has 0 saturated heterocycles. The second kappa shape index (κ2) is 6.79. The van der Waals surface area contributed by atoms with Gasteiger partial charge in [-0.15, -0.1) is 5.10 Å². The van der Waals surface area contributed by atoms with Gasteiger partial charge in [0.15, 0.2) is 0 Å². The van der Waals surface area contributed by atoms with Gasteiger partial charge in [0.2, 0.25) is 5.82 Å². The number of rotatable bonds is 6. The Hall–Kier alpha value is -2.24. The van der Waals surface area contributed by atoms with E-state index in [1.165, 1.54) is 0 Å². The molecule has 0 spiro atoms. The van der Waals surface area contributed by atoms with Gasteiger partial charge in [-0.05, 0) is 24.5 Å². The Balaban J connectivity index is 1.97. The van der Waals surface area contributed by atoms with Crippen LogP contribution in [-0.2, 0) is 19.4 Å². The van der Waals surface area contributed by atoms with E-state index in [0.29, 0.717) is 6.54 Å². The Morgan fingerprint density at radius 1 is 1.40 bits per heavy atom. The van der Waals surface area contributed by atoms with Gasteiger partial charge in [0.25, 0.3) is 5.91 Å². The first-order valence-electron chi connectivity index (χ1n) is 6.86. The summed E-state index contributed by atoms with van der Waals surface area (Å²) in [7, 11) is 0. The fourth-order valence-corrected chi connectivity index (χ4v) is 1.94. The Labute approximate surface area is 118 Å². The predicted molar refractivity (Wildman–Crippen MR) is 75.2 cm³/mol.